The molecule has 1 aliphatic carbocycles. The fraction of sp³-hybridized carbons (Fsp3) is 0.417. The lowest BCUT2D eigenvalue weighted by molar-refractivity contribution is 0.0824. The van der Waals surface area contributed by atoms with Crippen LogP contribution in [0.3, 0.4) is 0 Å². The fourth-order valence-electron chi connectivity index (χ4n) is 4.24. The van der Waals surface area contributed by atoms with Crippen molar-refractivity contribution in [2.45, 2.75) is 51.5 Å². The predicted molar refractivity (Wildman–Crippen MR) is 122 cm³/mol. The van der Waals surface area contributed by atoms with Crippen molar-refractivity contribution >= 4 is 35.0 Å². The second-order valence-corrected chi connectivity index (χ2v) is 9.30. The van der Waals surface area contributed by atoms with Crippen molar-refractivity contribution < 1.29 is 14.0 Å². The van der Waals surface area contributed by atoms with E-state index in [2.05, 4.69) is 24.5 Å². The van der Waals surface area contributed by atoms with Gasteiger partial charge in [0.2, 0.25) is 0 Å². The van der Waals surface area contributed by atoms with Crippen molar-refractivity contribution in [3.8, 4) is 0 Å². The van der Waals surface area contributed by atoms with Gasteiger partial charge in [-0.15, -0.1) is 0 Å². The molecule has 4 nitrogen and oxygen atoms in total. The van der Waals surface area contributed by atoms with Crippen molar-refractivity contribution in [1.29, 1.82) is 0 Å². The Balaban J connectivity index is 1.64. The molecule has 2 aromatic carbocycles. The van der Waals surface area contributed by atoms with Gasteiger partial charge in [-0.3, -0.25) is 9.59 Å². The molecule has 0 aromatic heterocycles. The molecule has 2 amide bonds. The highest BCUT2D eigenvalue weighted by atomic mass is 35.5. The Kier molecular flexibility index (Phi) is 7.28. The van der Waals surface area contributed by atoms with Gasteiger partial charge < -0.3 is 10.6 Å². The molecule has 166 valence electrons. The highest BCUT2D eigenvalue weighted by Gasteiger charge is 2.56. The molecule has 7 heteroatoms. The standard InChI is InChI=1S/C24H27Cl2FN2O2/c1-3-10-23(2,13-14-28-21(30)17-6-9-19(25)20(26)15-17)24(11-12-24)29-22(31)16-4-7-18(27)8-5-16/h4-9,15H,3,10-14H2,1-2H3,(H,28,30)(H,29,31). The van der Waals surface area contributed by atoms with Gasteiger partial charge in [0.1, 0.15) is 5.82 Å². The second-order valence-electron chi connectivity index (χ2n) is 8.49. The lowest BCUT2D eigenvalue weighted by atomic mass is 9.73. The fourth-order valence-corrected chi connectivity index (χ4v) is 4.54. The molecule has 1 fully saturated rings. The number of carbonyl (C=O) groups is 2. The molecule has 0 radical (unpaired) electrons. The summed E-state index contributed by atoms with van der Waals surface area (Å²) in [4.78, 5) is 25.3. The molecule has 1 saturated carbocycles. The molecule has 2 aromatic rings. The lowest BCUT2D eigenvalue weighted by Gasteiger charge is -2.39. The minimum atomic E-state index is -0.369. The van der Waals surface area contributed by atoms with Gasteiger partial charge >= 0.3 is 0 Å². The Morgan fingerprint density at radius 3 is 2.23 bits per heavy atom. The van der Waals surface area contributed by atoms with Crippen LogP contribution in [0, 0.1) is 11.2 Å². The summed E-state index contributed by atoms with van der Waals surface area (Å²) in [5.74, 6) is -0.775. The van der Waals surface area contributed by atoms with Crippen molar-refractivity contribution in [2.24, 2.45) is 5.41 Å². The van der Waals surface area contributed by atoms with Crippen LogP contribution in [-0.4, -0.2) is 23.9 Å². The van der Waals surface area contributed by atoms with Crippen LogP contribution in [0.4, 0.5) is 4.39 Å². The third kappa shape index (κ3) is 5.39. The van der Waals surface area contributed by atoms with Crippen LogP contribution in [-0.2, 0) is 0 Å². The van der Waals surface area contributed by atoms with Crippen LogP contribution >= 0.6 is 23.2 Å². The van der Waals surface area contributed by atoms with E-state index in [0.717, 1.165) is 32.1 Å². The first-order valence-electron chi connectivity index (χ1n) is 10.5. The monoisotopic (exact) mass is 464 g/mol. The zero-order valence-corrected chi connectivity index (χ0v) is 19.2. The minimum Gasteiger partial charge on any atom is -0.352 e. The summed E-state index contributed by atoms with van der Waals surface area (Å²) in [6.45, 7) is 4.76. The maximum atomic E-state index is 13.2. The van der Waals surface area contributed by atoms with Crippen LogP contribution in [0.5, 0.6) is 0 Å². The normalized spacial score (nSPS) is 16.3. The van der Waals surface area contributed by atoms with Gasteiger partial charge in [-0.05, 0) is 73.6 Å². The van der Waals surface area contributed by atoms with Crippen LogP contribution < -0.4 is 10.6 Å². The molecule has 0 saturated heterocycles. The van der Waals surface area contributed by atoms with E-state index in [1.807, 2.05) is 0 Å². The van der Waals surface area contributed by atoms with Crippen LogP contribution in [0.2, 0.25) is 10.0 Å². The van der Waals surface area contributed by atoms with E-state index < -0.39 is 0 Å². The lowest BCUT2D eigenvalue weighted by Crippen LogP contribution is -2.50. The van der Waals surface area contributed by atoms with Gasteiger partial charge in [0, 0.05) is 23.2 Å². The number of hydrogen-bond acceptors (Lipinski definition) is 2. The summed E-state index contributed by atoms with van der Waals surface area (Å²) < 4.78 is 13.2. The molecular formula is C24H27Cl2FN2O2. The third-order valence-electron chi connectivity index (χ3n) is 6.31. The van der Waals surface area contributed by atoms with E-state index in [9.17, 15) is 14.0 Å². The Morgan fingerprint density at radius 2 is 1.65 bits per heavy atom. The predicted octanol–water partition coefficient (Wildman–Crippen LogP) is 6.02. The maximum absolute atomic E-state index is 13.2. The number of carbonyl (C=O) groups excluding carboxylic acids is 2. The number of nitrogens with one attached hydrogen (secondary N) is 2. The number of benzene rings is 2. The Bertz CT molecular complexity index is 961. The molecule has 0 aliphatic heterocycles. The average Bonchev–Trinajstić information content (AvgIpc) is 3.52. The van der Waals surface area contributed by atoms with E-state index in [4.69, 9.17) is 23.2 Å². The summed E-state index contributed by atoms with van der Waals surface area (Å²) in [7, 11) is 0. The van der Waals surface area contributed by atoms with Crippen molar-refractivity contribution in [1.82, 2.24) is 10.6 Å². The molecule has 0 spiro atoms. The van der Waals surface area contributed by atoms with E-state index in [-0.39, 0.29) is 28.6 Å². The van der Waals surface area contributed by atoms with Crippen molar-refractivity contribution in [2.75, 3.05) is 6.54 Å². The first-order valence-corrected chi connectivity index (χ1v) is 11.3. The number of halogens is 3. The van der Waals surface area contributed by atoms with Gasteiger partial charge in [0.05, 0.1) is 10.0 Å². The highest BCUT2D eigenvalue weighted by Crippen LogP contribution is 2.54. The Labute approximate surface area is 192 Å². The molecule has 1 unspecified atom stereocenters. The summed E-state index contributed by atoms with van der Waals surface area (Å²) in [6.07, 6.45) is 4.37. The molecule has 31 heavy (non-hydrogen) atoms. The number of rotatable bonds is 9. The summed E-state index contributed by atoms with van der Waals surface area (Å²) in [5, 5.41) is 6.90. The molecule has 1 atom stereocenters. The van der Waals surface area contributed by atoms with Gasteiger partial charge in [-0.25, -0.2) is 4.39 Å². The Morgan fingerprint density at radius 1 is 1.00 bits per heavy atom. The van der Waals surface area contributed by atoms with E-state index in [0.29, 0.717) is 27.7 Å². The van der Waals surface area contributed by atoms with Gasteiger partial charge in [0.25, 0.3) is 11.8 Å². The summed E-state index contributed by atoms with van der Waals surface area (Å²) in [6, 6.07) is 10.4. The number of amides is 2. The SMILES string of the molecule is CCCC(C)(CCNC(=O)c1ccc(Cl)c(Cl)c1)C1(NC(=O)c2ccc(F)cc2)CC1. The first kappa shape index (κ1) is 23.6. The van der Waals surface area contributed by atoms with E-state index in [1.165, 1.54) is 24.3 Å². The van der Waals surface area contributed by atoms with Crippen LogP contribution in [0.1, 0.15) is 66.7 Å². The highest BCUT2D eigenvalue weighted by molar-refractivity contribution is 6.42. The minimum absolute atomic E-state index is 0.178. The molecule has 0 heterocycles. The topological polar surface area (TPSA) is 58.2 Å². The zero-order chi connectivity index (χ0) is 22.6. The summed E-state index contributed by atoms with van der Waals surface area (Å²) in [5.41, 5.74) is 0.405. The largest absolute Gasteiger partial charge is 0.352 e. The molecule has 0 bridgehead atoms. The molecular weight excluding hydrogens is 438 g/mol. The van der Waals surface area contributed by atoms with E-state index >= 15 is 0 Å². The molecule has 1 aliphatic rings. The first-order chi connectivity index (χ1) is 14.7. The number of hydrogen-bond donors (Lipinski definition) is 2. The molecule has 3 rings (SSSR count). The Hall–Kier alpha value is -2.11. The quantitative estimate of drug-likeness (QED) is 0.476. The van der Waals surface area contributed by atoms with Crippen molar-refractivity contribution in [3.63, 3.8) is 0 Å². The zero-order valence-electron chi connectivity index (χ0n) is 17.7. The third-order valence-corrected chi connectivity index (χ3v) is 7.05. The average molecular weight is 465 g/mol. The molecule has 2 N–H and O–H groups in total. The van der Waals surface area contributed by atoms with Crippen molar-refractivity contribution in [3.05, 3.63) is 69.5 Å². The van der Waals surface area contributed by atoms with Crippen LogP contribution in [0.25, 0.3) is 0 Å². The summed E-state index contributed by atoms with van der Waals surface area (Å²) >= 11 is 11.9. The van der Waals surface area contributed by atoms with Gasteiger partial charge in [0.15, 0.2) is 0 Å². The van der Waals surface area contributed by atoms with E-state index in [1.54, 1.807) is 18.2 Å². The smallest absolute Gasteiger partial charge is 0.251 e. The second kappa shape index (κ2) is 9.58. The van der Waals surface area contributed by atoms with Gasteiger partial charge in [-0.2, -0.15) is 0 Å². The van der Waals surface area contributed by atoms with Crippen LogP contribution in [0.15, 0.2) is 42.5 Å². The van der Waals surface area contributed by atoms with Gasteiger partial charge in [-0.1, -0.05) is 43.5 Å². The maximum Gasteiger partial charge on any atom is 0.251 e.